The van der Waals surface area contributed by atoms with Crippen LogP contribution in [0.5, 0.6) is 0 Å². The van der Waals surface area contributed by atoms with Gasteiger partial charge < -0.3 is 9.64 Å². The lowest BCUT2D eigenvalue weighted by Crippen LogP contribution is -2.38. The van der Waals surface area contributed by atoms with Crippen LogP contribution in [0, 0.1) is 6.92 Å². The molecule has 4 rings (SSSR count). The van der Waals surface area contributed by atoms with Crippen LogP contribution in [0.4, 0.5) is 9.93 Å². The van der Waals surface area contributed by atoms with Gasteiger partial charge in [0.25, 0.3) is 0 Å². The Morgan fingerprint density at radius 3 is 3.12 bits per heavy atom. The summed E-state index contributed by atoms with van der Waals surface area (Å²) in [6, 6.07) is 8.63. The van der Waals surface area contributed by atoms with E-state index in [2.05, 4.69) is 41.5 Å². The van der Waals surface area contributed by atoms with Gasteiger partial charge in [-0.15, -0.1) is 0 Å². The standard InChI is InChI=1S/C20H25N3O2S/c1-14-6-5-7-15(12-14)17-8-3-2-4-10-23(17)20(24)22-19-21-16-9-11-25-13-18(16)26-19/h5-7,12,17H,2-4,8-11,13H2,1H3,(H,21,22,24). The predicted molar refractivity (Wildman–Crippen MR) is 104 cm³/mol. The van der Waals surface area contributed by atoms with Gasteiger partial charge >= 0.3 is 6.03 Å². The van der Waals surface area contributed by atoms with Crippen LogP contribution in [0.25, 0.3) is 0 Å². The van der Waals surface area contributed by atoms with Crippen molar-refractivity contribution in [3.8, 4) is 0 Å². The number of hydrogen-bond acceptors (Lipinski definition) is 4. The third-order valence-corrected chi connectivity index (χ3v) is 6.14. The number of hydrogen-bond donors (Lipinski definition) is 1. The number of benzene rings is 1. The molecule has 1 aromatic carbocycles. The van der Waals surface area contributed by atoms with E-state index < -0.39 is 0 Å². The van der Waals surface area contributed by atoms with Crippen LogP contribution in [-0.4, -0.2) is 29.1 Å². The number of carbonyl (C=O) groups is 1. The second kappa shape index (κ2) is 7.76. The monoisotopic (exact) mass is 371 g/mol. The summed E-state index contributed by atoms with van der Waals surface area (Å²) in [6.07, 6.45) is 5.23. The zero-order valence-electron chi connectivity index (χ0n) is 15.2. The van der Waals surface area contributed by atoms with Crippen molar-refractivity contribution in [3.05, 3.63) is 46.0 Å². The number of amides is 2. The van der Waals surface area contributed by atoms with E-state index in [9.17, 15) is 4.79 Å². The molecule has 2 aliphatic rings. The minimum atomic E-state index is -0.0366. The fourth-order valence-corrected chi connectivity index (χ4v) is 4.75. The maximum absolute atomic E-state index is 13.1. The van der Waals surface area contributed by atoms with Crippen LogP contribution in [0.2, 0.25) is 0 Å². The summed E-state index contributed by atoms with van der Waals surface area (Å²) in [6.45, 7) is 4.22. The first-order chi connectivity index (χ1) is 12.7. The van der Waals surface area contributed by atoms with Crippen LogP contribution in [0.15, 0.2) is 24.3 Å². The predicted octanol–water partition coefficient (Wildman–Crippen LogP) is 4.67. The highest BCUT2D eigenvalue weighted by Gasteiger charge is 2.28. The molecule has 1 atom stereocenters. The Hall–Kier alpha value is -1.92. The molecule has 1 N–H and O–H groups in total. The highest BCUT2D eigenvalue weighted by atomic mass is 32.1. The lowest BCUT2D eigenvalue weighted by Gasteiger charge is -2.30. The van der Waals surface area contributed by atoms with Crippen molar-refractivity contribution in [1.82, 2.24) is 9.88 Å². The van der Waals surface area contributed by atoms with Crippen molar-refractivity contribution in [3.63, 3.8) is 0 Å². The molecular formula is C20H25N3O2S. The maximum Gasteiger partial charge on any atom is 0.324 e. The van der Waals surface area contributed by atoms with Gasteiger partial charge in [0.2, 0.25) is 0 Å². The van der Waals surface area contributed by atoms with Crippen LogP contribution in [0.1, 0.15) is 53.4 Å². The molecule has 0 radical (unpaired) electrons. The number of urea groups is 1. The van der Waals surface area contributed by atoms with Gasteiger partial charge in [-0.1, -0.05) is 54.0 Å². The molecule has 2 aromatic rings. The Kier molecular flexibility index (Phi) is 5.22. The Morgan fingerprint density at radius 2 is 2.27 bits per heavy atom. The largest absolute Gasteiger partial charge is 0.375 e. The number of fused-ring (bicyclic) bond motifs is 1. The zero-order chi connectivity index (χ0) is 17.9. The second-order valence-corrected chi connectivity index (χ2v) is 8.18. The molecule has 2 amide bonds. The minimum absolute atomic E-state index is 0.0366. The second-order valence-electron chi connectivity index (χ2n) is 7.09. The molecule has 1 unspecified atom stereocenters. The number of likely N-dealkylation sites (tertiary alicyclic amines) is 1. The molecule has 1 fully saturated rings. The molecule has 1 aromatic heterocycles. The zero-order valence-corrected chi connectivity index (χ0v) is 16.0. The lowest BCUT2D eigenvalue weighted by atomic mass is 9.99. The molecule has 5 nitrogen and oxygen atoms in total. The normalized spacial score (nSPS) is 20.3. The molecule has 1 saturated heterocycles. The topological polar surface area (TPSA) is 54.5 Å². The average Bonchev–Trinajstić information content (AvgIpc) is 2.87. The summed E-state index contributed by atoms with van der Waals surface area (Å²) < 4.78 is 5.48. The summed E-state index contributed by atoms with van der Waals surface area (Å²) in [5, 5.41) is 3.74. The van der Waals surface area contributed by atoms with Gasteiger partial charge in [0.15, 0.2) is 5.13 Å². The quantitative estimate of drug-likeness (QED) is 0.834. The van der Waals surface area contributed by atoms with E-state index in [4.69, 9.17) is 4.74 Å². The first-order valence-electron chi connectivity index (χ1n) is 9.41. The number of rotatable bonds is 2. The molecular weight excluding hydrogens is 346 g/mol. The molecule has 138 valence electrons. The number of nitrogens with one attached hydrogen (secondary N) is 1. The number of thiazole rings is 1. The molecule has 0 saturated carbocycles. The van der Waals surface area contributed by atoms with Crippen molar-refractivity contribution in [2.24, 2.45) is 0 Å². The van der Waals surface area contributed by atoms with Crippen LogP contribution in [0.3, 0.4) is 0 Å². The first kappa shape index (κ1) is 17.5. The summed E-state index contributed by atoms with van der Waals surface area (Å²) in [5.41, 5.74) is 3.54. The Bertz CT molecular complexity index is 766. The number of anilines is 1. The highest BCUT2D eigenvalue weighted by Crippen LogP contribution is 2.32. The Labute approximate surface area is 158 Å². The van der Waals surface area contributed by atoms with Gasteiger partial charge in [-0.25, -0.2) is 9.78 Å². The smallest absolute Gasteiger partial charge is 0.324 e. The van der Waals surface area contributed by atoms with Crippen LogP contribution in [-0.2, 0) is 17.8 Å². The van der Waals surface area contributed by atoms with Crippen molar-refractivity contribution in [2.45, 2.75) is 51.7 Å². The molecule has 6 heteroatoms. The number of carbonyl (C=O) groups excluding carboxylic acids is 1. The molecule has 0 bridgehead atoms. The molecule has 0 spiro atoms. The van der Waals surface area contributed by atoms with Gasteiger partial charge in [0.05, 0.1) is 29.8 Å². The number of nitrogens with zero attached hydrogens (tertiary/aromatic N) is 2. The lowest BCUT2D eigenvalue weighted by molar-refractivity contribution is 0.112. The third-order valence-electron chi connectivity index (χ3n) is 5.15. The van der Waals surface area contributed by atoms with Gasteiger partial charge in [-0.05, 0) is 25.3 Å². The third kappa shape index (κ3) is 3.76. The number of aryl methyl sites for hydroxylation is 1. The maximum atomic E-state index is 13.1. The van der Waals surface area contributed by atoms with Crippen molar-refractivity contribution in [2.75, 3.05) is 18.5 Å². The summed E-state index contributed by atoms with van der Waals surface area (Å²) >= 11 is 1.54. The van der Waals surface area contributed by atoms with E-state index in [0.29, 0.717) is 18.3 Å². The SMILES string of the molecule is Cc1cccc(C2CCCCCN2C(=O)Nc2nc3c(s2)COCC3)c1. The Morgan fingerprint density at radius 1 is 1.35 bits per heavy atom. The van der Waals surface area contributed by atoms with E-state index in [-0.39, 0.29) is 12.1 Å². The van der Waals surface area contributed by atoms with E-state index in [1.807, 2.05) is 4.90 Å². The van der Waals surface area contributed by atoms with Crippen molar-refractivity contribution < 1.29 is 9.53 Å². The van der Waals surface area contributed by atoms with E-state index in [0.717, 1.165) is 42.8 Å². The van der Waals surface area contributed by atoms with Gasteiger partial charge in [0, 0.05) is 13.0 Å². The van der Waals surface area contributed by atoms with Crippen molar-refractivity contribution in [1.29, 1.82) is 0 Å². The fourth-order valence-electron chi connectivity index (χ4n) is 3.82. The first-order valence-corrected chi connectivity index (χ1v) is 10.2. The van der Waals surface area contributed by atoms with Crippen LogP contribution < -0.4 is 5.32 Å². The molecule has 0 aliphatic carbocycles. The van der Waals surface area contributed by atoms with E-state index in [1.165, 1.54) is 28.9 Å². The van der Waals surface area contributed by atoms with E-state index >= 15 is 0 Å². The molecule has 2 aliphatic heterocycles. The summed E-state index contributed by atoms with van der Waals surface area (Å²) in [4.78, 5) is 20.8. The Balaban J connectivity index is 1.54. The van der Waals surface area contributed by atoms with E-state index in [1.54, 1.807) is 0 Å². The van der Waals surface area contributed by atoms with Gasteiger partial charge in [-0.2, -0.15) is 0 Å². The number of aromatic nitrogens is 1. The minimum Gasteiger partial charge on any atom is -0.375 e. The van der Waals surface area contributed by atoms with Gasteiger partial charge in [-0.3, -0.25) is 5.32 Å². The fraction of sp³-hybridized carbons (Fsp3) is 0.500. The van der Waals surface area contributed by atoms with Crippen molar-refractivity contribution >= 4 is 22.5 Å². The number of ether oxygens (including phenoxy) is 1. The summed E-state index contributed by atoms with van der Waals surface area (Å²) in [5.74, 6) is 0. The van der Waals surface area contributed by atoms with Gasteiger partial charge in [0.1, 0.15) is 0 Å². The highest BCUT2D eigenvalue weighted by molar-refractivity contribution is 7.15. The molecule has 3 heterocycles. The average molecular weight is 372 g/mol. The van der Waals surface area contributed by atoms with Crippen LogP contribution >= 0.6 is 11.3 Å². The molecule has 26 heavy (non-hydrogen) atoms. The summed E-state index contributed by atoms with van der Waals surface area (Å²) in [7, 11) is 0.